The van der Waals surface area contributed by atoms with Crippen LogP contribution in [-0.2, 0) is 10.2 Å². The standard InChI is InChI=1S/C15H25N3O2/c1-11-5-7-18(8-6-11)10-13(19)16-14-9-12(17-20-14)15(2,3)4/h9,11H,5-8,10H2,1-4H3,(H,16,19)/p+1. The van der Waals surface area contributed by atoms with Crippen LogP contribution < -0.4 is 10.2 Å². The van der Waals surface area contributed by atoms with Crippen molar-refractivity contribution in [2.24, 2.45) is 5.92 Å². The highest BCUT2D eigenvalue weighted by atomic mass is 16.5. The number of hydrogen-bond acceptors (Lipinski definition) is 3. The summed E-state index contributed by atoms with van der Waals surface area (Å²) in [7, 11) is 0. The summed E-state index contributed by atoms with van der Waals surface area (Å²) >= 11 is 0. The smallest absolute Gasteiger partial charge is 0.281 e. The quantitative estimate of drug-likeness (QED) is 0.875. The van der Waals surface area contributed by atoms with E-state index in [0.717, 1.165) is 24.7 Å². The Bertz CT molecular complexity index is 454. The maximum absolute atomic E-state index is 12.0. The number of anilines is 1. The molecule has 2 heterocycles. The fourth-order valence-electron chi connectivity index (χ4n) is 2.44. The second-order valence-corrected chi connectivity index (χ2v) is 6.98. The average molecular weight is 280 g/mol. The molecule has 0 spiro atoms. The van der Waals surface area contributed by atoms with Gasteiger partial charge in [-0.1, -0.05) is 32.9 Å². The summed E-state index contributed by atoms with van der Waals surface area (Å²) in [4.78, 5) is 13.4. The van der Waals surface area contributed by atoms with E-state index in [1.165, 1.54) is 17.7 Å². The van der Waals surface area contributed by atoms with Crippen LogP contribution in [-0.4, -0.2) is 30.7 Å². The zero-order valence-electron chi connectivity index (χ0n) is 13.0. The maximum atomic E-state index is 12.0. The minimum atomic E-state index is -0.0687. The van der Waals surface area contributed by atoms with Crippen molar-refractivity contribution in [2.75, 3.05) is 25.0 Å². The number of nitrogens with one attached hydrogen (secondary N) is 2. The van der Waals surface area contributed by atoms with Crippen LogP contribution in [0.5, 0.6) is 0 Å². The Morgan fingerprint density at radius 1 is 1.45 bits per heavy atom. The number of quaternary nitrogens is 1. The molecule has 1 aromatic heterocycles. The molecule has 0 atom stereocenters. The molecule has 0 saturated carbocycles. The Morgan fingerprint density at radius 3 is 2.65 bits per heavy atom. The topological polar surface area (TPSA) is 59.6 Å². The summed E-state index contributed by atoms with van der Waals surface area (Å²) in [5.74, 6) is 1.25. The molecule has 112 valence electrons. The molecule has 5 heteroatoms. The molecule has 1 aliphatic heterocycles. The Kier molecular flexibility index (Phi) is 4.48. The van der Waals surface area contributed by atoms with Crippen molar-refractivity contribution in [1.29, 1.82) is 0 Å². The van der Waals surface area contributed by atoms with Crippen LogP contribution >= 0.6 is 0 Å². The zero-order valence-corrected chi connectivity index (χ0v) is 13.0. The van der Waals surface area contributed by atoms with E-state index in [1.807, 2.05) is 6.07 Å². The van der Waals surface area contributed by atoms with Gasteiger partial charge in [0.15, 0.2) is 6.54 Å². The number of rotatable bonds is 3. The number of nitrogens with zero attached hydrogens (tertiary/aromatic N) is 1. The third-order valence-electron chi connectivity index (χ3n) is 3.93. The Morgan fingerprint density at radius 2 is 2.10 bits per heavy atom. The number of aromatic nitrogens is 1. The highest BCUT2D eigenvalue weighted by Gasteiger charge is 2.23. The molecule has 2 rings (SSSR count). The lowest BCUT2D eigenvalue weighted by molar-refractivity contribution is -0.897. The van der Waals surface area contributed by atoms with Gasteiger partial charge in [0.1, 0.15) is 0 Å². The molecule has 0 bridgehead atoms. The third-order valence-corrected chi connectivity index (χ3v) is 3.93. The second kappa shape index (κ2) is 5.95. The van der Waals surface area contributed by atoms with Gasteiger partial charge in [-0.05, 0) is 18.8 Å². The highest BCUT2D eigenvalue weighted by molar-refractivity contribution is 5.90. The van der Waals surface area contributed by atoms with Crippen LogP contribution in [0.25, 0.3) is 0 Å². The van der Waals surface area contributed by atoms with Crippen LogP contribution in [0.2, 0.25) is 0 Å². The molecule has 0 aromatic carbocycles. The average Bonchev–Trinajstić information content (AvgIpc) is 2.80. The van der Waals surface area contributed by atoms with Crippen LogP contribution in [0.15, 0.2) is 10.6 Å². The second-order valence-electron chi connectivity index (χ2n) is 6.98. The van der Waals surface area contributed by atoms with Gasteiger partial charge in [0.2, 0.25) is 5.88 Å². The molecule has 1 aliphatic rings. The first-order valence-corrected chi connectivity index (χ1v) is 7.45. The molecule has 0 aliphatic carbocycles. The maximum Gasteiger partial charge on any atom is 0.281 e. The van der Waals surface area contributed by atoms with Gasteiger partial charge in [-0.2, -0.15) is 0 Å². The fourth-order valence-corrected chi connectivity index (χ4v) is 2.44. The van der Waals surface area contributed by atoms with Gasteiger partial charge in [-0.15, -0.1) is 0 Å². The summed E-state index contributed by atoms with van der Waals surface area (Å²) in [6.45, 7) is 11.1. The molecule has 20 heavy (non-hydrogen) atoms. The number of hydrogen-bond donors (Lipinski definition) is 2. The minimum absolute atomic E-state index is 0.00571. The monoisotopic (exact) mass is 280 g/mol. The summed E-state index contributed by atoms with van der Waals surface area (Å²) in [5, 5.41) is 6.80. The van der Waals surface area contributed by atoms with E-state index in [0.29, 0.717) is 12.4 Å². The van der Waals surface area contributed by atoms with Crippen LogP contribution in [0.3, 0.4) is 0 Å². The Labute approximate surface area is 120 Å². The molecule has 1 aromatic rings. The van der Waals surface area contributed by atoms with E-state index < -0.39 is 0 Å². The SMILES string of the molecule is CC1CC[NH+](CC(=O)Nc2cc(C(C)(C)C)no2)CC1. The Hall–Kier alpha value is -1.36. The van der Waals surface area contributed by atoms with Crippen LogP contribution in [0.1, 0.15) is 46.2 Å². The lowest BCUT2D eigenvalue weighted by Gasteiger charge is -2.26. The summed E-state index contributed by atoms with van der Waals surface area (Å²) in [6.07, 6.45) is 2.41. The Balaban J connectivity index is 1.84. The van der Waals surface area contributed by atoms with E-state index in [4.69, 9.17) is 4.52 Å². The van der Waals surface area contributed by atoms with Gasteiger partial charge in [0, 0.05) is 11.5 Å². The van der Waals surface area contributed by atoms with Crippen molar-refractivity contribution in [3.63, 3.8) is 0 Å². The first-order valence-electron chi connectivity index (χ1n) is 7.45. The lowest BCUT2D eigenvalue weighted by atomic mass is 9.92. The van der Waals surface area contributed by atoms with Gasteiger partial charge in [-0.3, -0.25) is 10.1 Å². The number of piperidine rings is 1. The van der Waals surface area contributed by atoms with E-state index in [1.54, 1.807) is 0 Å². The van der Waals surface area contributed by atoms with Crippen LogP contribution in [0.4, 0.5) is 5.88 Å². The summed E-state index contributed by atoms with van der Waals surface area (Å²) in [6, 6.07) is 1.81. The molecule has 0 radical (unpaired) electrons. The van der Waals surface area contributed by atoms with Crippen molar-refractivity contribution in [3.05, 3.63) is 11.8 Å². The van der Waals surface area contributed by atoms with Crippen molar-refractivity contribution >= 4 is 11.8 Å². The highest BCUT2D eigenvalue weighted by Crippen LogP contribution is 2.23. The van der Waals surface area contributed by atoms with E-state index in [2.05, 4.69) is 38.2 Å². The van der Waals surface area contributed by atoms with Gasteiger partial charge in [0.25, 0.3) is 5.91 Å². The fraction of sp³-hybridized carbons (Fsp3) is 0.733. The molecule has 2 N–H and O–H groups in total. The minimum Gasteiger partial charge on any atom is -0.338 e. The molecule has 1 fully saturated rings. The van der Waals surface area contributed by atoms with Gasteiger partial charge >= 0.3 is 0 Å². The van der Waals surface area contributed by atoms with Crippen molar-refractivity contribution in [2.45, 2.75) is 46.0 Å². The molecule has 1 amide bonds. The predicted octanol–water partition coefficient (Wildman–Crippen LogP) is 1.23. The first-order chi connectivity index (χ1) is 9.34. The molecular weight excluding hydrogens is 254 g/mol. The summed E-state index contributed by atoms with van der Waals surface area (Å²) in [5.41, 5.74) is 0.785. The molecular formula is C15H26N3O2+. The third kappa shape index (κ3) is 4.07. The van der Waals surface area contributed by atoms with Gasteiger partial charge in [-0.25, -0.2) is 0 Å². The zero-order chi connectivity index (χ0) is 14.8. The van der Waals surface area contributed by atoms with Crippen molar-refractivity contribution < 1.29 is 14.2 Å². The van der Waals surface area contributed by atoms with E-state index in [9.17, 15) is 4.79 Å². The molecule has 5 nitrogen and oxygen atoms in total. The van der Waals surface area contributed by atoms with Crippen molar-refractivity contribution in [1.82, 2.24) is 5.16 Å². The van der Waals surface area contributed by atoms with Crippen LogP contribution in [0, 0.1) is 5.92 Å². The number of amides is 1. The lowest BCUT2D eigenvalue weighted by Crippen LogP contribution is -3.14. The number of carbonyl (C=O) groups is 1. The first kappa shape index (κ1) is 15.0. The largest absolute Gasteiger partial charge is 0.338 e. The van der Waals surface area contributed by atoms with E-state index in [-0.39, 0.29) is 11.3 Å². The molecule has 1 saturated heterocycles. The van der Waals surface area contributed by atoms with Gasteiger partial charge in [0.05, 0.1) is 18.8 Å². The predicted molar refractivity (Wildman–Crippen MR) is 77.8 cm³/mol. The summed E-state index contributed by atoms with van der Waals surface area (Å²) < 4.78 is 5.18. The number of carbonyl (C=O) groups excluding carboxylic acids is 1. The van der Waals surface area contributed by atoms with Gasteiger partial charge < -0.3 is 9.42 Å². The normalized spacial score (nSPS) is 23.6. The van der Waals surface area contributed by atoms with E-state index >= 15 is 0 Å². The molecule has 0 unspecified atom stereocenters. The number of likely N-dealkylation sites (tertiary alicyclic amines) is 1. The van der Waals surface area contributed by atoms with Crippen molar-refractivity contribution in [3.8, 4) is 0 Å².